The van der Waals surface area contributed by atoms with Gasteiger partial charge in [0.15, 0.2) is 5.76 Å². The minimum atomic E-state index is -0.670. The van der Waals surface area contributed by atoms with Crippen LogP contribution in [0, 0.1) is 10.1 Å². The summed E-state index contributed by atoms with van der Waals surface area (Å²) in [6, 6.07) is 10.3. The van der Waals surface area contributed by atoms with Crippen LogP contribution >= 0.6 is 11.6 Å². The Morgan fingerprint density at radius 3 is 2.46 bits per heavy atom. The SMILES string of the molecule is O=C(NCCN1CCN(c2ccc(Cl)cc2)CC1)c1ccc([N+](=O)[O-])o1. The molecule has 3 rings (SSSR count). The molecule has 1 aromatic carbocycles. The first-order chi connectivity index (χ1) is 12.5. The number of amides is 1. The number of carbonyl (C=O) groups is 1. The van der Waals surface area contributed by atoms with Crippen LogP contribution in [-0.2, 0) is 0 Å². The zero-order chi connectivity index (χ0) is 18.5. The highest BCUT2D eigenvalue weighted by molar-refractivity contribution is 6.30. The molecule has 0 spiro atoms. The Hall–Kier alpha value is -2.58. The van der Waals surface area contributed by atoms with Crippen molar-refractivity contribution in [1.29, 1.82) is 0 Å². The zero-order valence-corrected chi connectivity index (χ0v) is 14.8. The van der Waals surface area contributed by atoms with Gasteiger partial charge in [-0.1, -0.05) is 11.6 Å². The van der Waals surface area contributed by atoms with Crippen molar-refractivity contribution in [2.75, 3.05) is 44.2 Å². The average Bonchev–Trinajstić information content (AvgIpc) is 3.14. The van der Waals surface area contributed by atoms with E-state index in [1.807, 2.05) is 24.3 Å². The van der Waals surface area contributed by atoms with E-state index in [1.165, 1.54) is 12.1 Å². The van der Waals surface area contributed by atoms with E-state index in [4.69, 9.17) is 16.0 Å². The number of piperazine rings is 1. The second kappa shape index (κ2) is 8.20. The highest BCUT2D eigenvalue weighted by Crippen LogP contribution is 2.19. The molecule has 0 unspecified atom stereocenters. The first-order valence-electron chi connectivity index (χ1n) is 8.28. The lowest BCUT2D eigenvalue weighted by Crippen LogP contribution is -2.48. The van der Waals surface area contributed by atoms with Crippen LogP contribution in [0.1, 0.15) is 10.6 Å². The molecule has 1 aliphatic heterocycles. The van der Waals surface area contributed by atoms with E-state index in [9.17, 15) is 14.9 Å². The van der Waals surface area contributed by atoms with Crippen LogP contribution in [0.5, 0.6) is 0 Å². The molecule has 8 nitrogen and oxygen atoms in total. The molecule has 2 aromatic rings. The Morgan fingerprint density at radius 2 is 1.85 bits per heavy atom. The lowest BCUT2D eigenvalue weighted by atomic mass is 10.2. The maximum atomic E-state index is 11.9. The summed E-state index contributed by atoms with van der Waals surface area (Å²) in [6.07, 6.45) is 0. The minimum absolute atomic E-state index is 0.0516. The van der Waals surface area contributed by atoms with Crippen molar-refractivity contribution in [2.45, 2.75) is 0 Å². The monoisotopic (exact) mass is 378 g/mol. The minimum Gasteiger partial charge on any atom is -0.395 e. The number of carbonyl (C=O) groups excluding carboxylic acids is 1. The summed E-state index contributed by atoms with van der Waals surface area (Å²) in [5.41, 5.74) is 1.15. The van der Waals surface area contributed by atoms with Gasteiger partial charge in [-0.2, -0.15) is 0 Å². The van der Waals surface area contributed by atoms with E-state index < -0.39 is 16.7 Å². The van der Waals surface area contributed by atoms with E-state index >= 15 is 0 Å². The molecule has 2 heterocycles. The molecule has 1 N–H and O–H groups in total. The van der Waals surface area contributed by atoms with Gasteiger partial charge in [-0.3, -0.25) is 19.8 Å². The van der Waals surface area contributed by atoms with E-state index in [-0.39, 0.29) is 5.76 Å². The molecule has 0 aliphatic carbocycles. The van der Waals surface area contributed by atoms with Crippen LogP contribution in [0.15, 0.2) is 40.8 Å². The normalized spacial score (nSPS) is 15.0. The fourth-order valence-electron chi connectivity index (χ4n) is 2.84. The largest absolute Gasteiger partial charge is 0.433 e. The molecule has 1 aromatic heterocycles. The van der Waals surface area contributed by atoms with Crippen LogP contribution in [0.25, 0.3) is 0 Å². The first kappa shape index (κ1) is 18.2. The second-order valence-electron chi connectivity index (χ2n) is 5.96. The Bertz CT molecular complexity index is 769. The van der Waals surface area contributed by atoms with E-state index in [2.05, 4.69) is 15.1 Å². The van der Waals surface area contributed by atoms with Crippen molar-refractivity contribution in [3.05, 3.63) is 57.3 Å². The summed E-state index contributed by atoms with van der Waals surface area (Å²) in [6.45, 7) is 4.76. The third kappa shape index (κ3) is 4.53. The number of benzene rings is 1. The Morgan fingerprint density at radius 1 is 1.15 bits per heavy atom. The van der Waals surface area contributed by atoms with Gasteiger partial charge in [0, 0.05) is 50.0 Å². The van der Waals surface area contributed by atoms with E-state index in [0.29, 0.717) is 13.1 Å². The smallest absolute Gasteiger partial charge is 0.395 e. The Kier molecular flexibility index (Phi) is 5.75. The molecule has 9 heteroatoms. The molecule has 26 heavy (non-hydrogen) atoms. The predicted octanol–water partition coefficient (Wildman–Crippen LogP) is 2.39. The molecular formula is C17H19ClN4O4. The third-order valence-corrected chi connectivity index (χ3v) is 4.53. The first-order valence-corrected chi connectivity index (χ1v) is 8.66. The zero-order valence-electron chi connectivity index (χ0n) is 14.1. The summed E-state index contributed by atoms with van der Waals surface area (Å²) in [5.74, 6) is -0.935. The maximum absolute atomic E-state index is 11.9. The summed E-state index contributed by atoms with van der Waals surface area (Å²) < 4.78 is 4.88. The summed E-state index contributed by atoms with van der Waals surface area (Å²) >= 11 is 5.92. The van der Waals surface area contributed by atoms with Crippen molar-refractivity contribution < 1.29 is 14.1 Å². The third-order valence-electron chi connectivity index (χ3n) is 4.27. The molecule has 0 saturated carbocycles. The van der Waals surface area contributed by atoms with Gasteiger partial charge in [0.05, 0.1) is 6.07 Å². The number of nitro groups is 1. The van der Waals surface area contributed by atoms with E-state index in [0.717, 1.165) is 36.9 Å². The van der Waals surface area contributed by atoms with Crippen molar-refractivity contribution in [3.63, 3.8) is 0 Å². The molecule has 0 radical (unpaired) electrons. The molecule has 138 valence electrons. The summed E-state index contributed by atoms with van der Waals surface area (Å²) in [7, 11) is 0. The van der Waals surface area contributed by atoms with E-state index in [1.54, 1.807) is 0 Å². The van der Waals surface area contributed by atoms with Crippen LogP contribution in [-0.4, -0.2) is 55.0 Å². The summed E-state index contributed by atoms with van der Waals surface area (Å²) in [4.78, 5) is 26.4. The molecular weight excluding hydrogens is 360 g/mol. The van der Waals surface area contributed by atoms with Gasteiger partial charge in [0.1, 0.15) is 4.92 Å². The second-order valence-corrected chi connectivity index (χ2v) is 6.39. The number of halogens is 1. The molecule has 1 aliphatic rings. The molecule has 0 bridgehead atoms. The topological polar surface area (TPSA) is 91.9 Å². The highest BCUT2D eigenvalue weighted by atomic mass is 35.5. The predicted molar refractivity (Wildman–Crippen MR) is 97.8 cm³/mol. The Labute approximate surface area is 155 Å². The van der Waals surface area contributed by atoms with Gasteiger partial charge in [-0.15, -0.1) is 0 Å². The molecule has 0 atom stereocenters. The van der Waals surface area contributed by atoms with Gasteiger partial charge < -0.3 is 14.6 Å². The standard InChI is InChI=1S/C17H19ClN4O4/c18-13-1-3-14(4-2-13)21-11-9-20(10-12-21)8-7-19-17(23)15-5-6-16(26-15)22(24)25/h1-6H,7-12H2,(H,19,23). The number of hydrogen-bond donors (Lipinski definition) is 1. The van der Waals surface area contributed by atoms with Crippen LogP contribution < -0.4 is 10.2 Å². The molecule has 1 saturated heterocycles. The lowest BCUT2D eigenvalue weighted by Gasteiger charge is -2.36. The Balaban J connectivity index is 1.40. The van der Waals surface area contributed by atoms with Gasteiger partial charge >= 0.3 is 5.88 Å². The number of furan rings is 1. The number of nitrogens with one attached hydrogen (secondary N) is 1. The molecule has 1 fully saturated rings. The summed E-state index contributed by atoms with van der Waals surface area (Å²) in [5, 5.41) is 14.0. The maximum Gasteiger partial charge on any atom is 0.433 e. The van der Waals surface area contributed by atoms with Gasteiger partial charge in [-0.25, -0.2) is 0 Å². The van der Waals surface area contributed by atoms with Crippen LogP contribution in [0.3, 0.4) is 0 Å². The van der Waals surface area contributed by atoms with Gasteiger partial charge in [0.2, 0.25) is 0 Å². The van der Waals surface area contributed by atoms with Crippen LogP contribution in [0.2, 0.25) is 5.02 Å². The van der Waals surface area contributed by atoms with Crippen LogP contribution in [0.4, 0.5) is 11.6 Å². The number of anilines is 1. The van der Waals surface area contributed by atoms with Crippen molar-refractivity contribution >= 4 is 29.1 Å². The van der Waals surface area contributed by atoms with Crippen molar-refractivity contribution in [2.24, 2.45) is 0 Å². The quantitative estimate of drug-likeness (QED) is 0.613. The average molecular weight is 379 g/mol. The fraction of sp³-hybridized carbons (Fsp3) is 0.353. The lowest BCUT2D eigenvalue weighted by molar-refractivity contribution is -0.402. The fourth-order valence-corrected chi connectivity index (χ4v) is 2.97. The number of hydrogen-bond acceptors (Lipinski definition) is 6. The number of rotatable bonds is 6. The highest BCUT2D eigenvalue weighted by Gasteiger charge is 2.19. The van der Waals surface area contributed by atoms with Crippen molar-refractivity contribution in [3.8, 4) is 0 Å². The van der Waals surface area contributed by atoms with Gasteiger partial charge in [0.25, 0.3) is 5.91 Å². The van der Waals surface area contributed by atoms with Crippen molar-refractivity contribution in [1.82, 2.24) is 10.2 Å². The van der Waals surface area contributed by atoms with Gasteiger partial charge in [-0.05, 0) is 30.3 Å². The number of nitrogens with zero attached hydrogens (tertiary/aromatic N) is 3. The molecule has 1 amide bonds.